The fourth-order valence-corrected chi connectivity index (χ4v) is 6.06. The van der Waals surface area contributed by atoms with Crippen LogP contribution in [0.5, 0.6) is 5.88 Å². The molecule has 1 atom stereocenters. The predicted octanol–water partition coefficient (Wildman–Crippen LogP) is 5.65. The monoisotopic (exact) mass is 633 g/mol. The summed E-state index contributed by atoms with van der Waals surface area (Å²) in [7, 11) is 0. The maximum Gasteiger partial charge on any atom is 0.335 e. The molecule has 0 saturated carbocycles. The number of likely N-dealkylation sites (tertiary alicyclic amines) is 1. The van der Waals surface area contributed by atoms with E-state index in [0.717, 1.165) is 61.5 Å². The molecule has 42 heavy (non-hydrogen) atoms. The summed E-state index contributed by atoms with van der Waals surface area (Å²) in [5.74, 6) is 0.160. The number of halogens is 2. The Kier molecular flexibility index (Phi) is 8.20. The van der Waals surface area contributed by atoms with Crippen molar-refractivity contribution in [2.24, 2.45) is 0 Å². The van der Waals surface area contributed by atoms with E-state index >= 15 is 0 Å². The second kappa shape index (κ2) is 12.2. The number of ether oxygens (including phenoxy) is 2. The molecule has 0 bridgehead atoms. The van der Waals surface area contributed by atoms with Crippen LogP contribution in [0.4, 0.5) is 4.39 Å². The molecule has 11 heteroatoms. The Labute approximate surface area is 250 Å². The van der Waals surface area contributed by atoms with E-state index in [1.54, 1.807) is 30.3 Å². The van der Waals surface area contributed by atoms with Crippen molar-refractivity contribution in [1.82, 2.24) is 19.4 Å². The number of nitrogens with zero attached hydrogens (tertiary/aromatic N) is 5. The molecule has 0 aliphatic carbocycles. The highest BCUT2D eigenvalue weighted by Crippen LogP contribution is 2.32. The zero-order chi connectivity index (χ0) is 29.2. The van der Waals surface area contributed by atoms with Gasteiger partial charge in [0.25, 0.3) is 0 Å². The number of rotatable bonds is 9. The fraction of sp³-hybridized carbons (Fsp3) is 0.355. The van der Waals surface area contributed by atoms with Gasteiger partial charge in [0.15, 0.2) is 0 Å². The zero-order valence-electron chi connectivity index (χ0n) is 22.8. The van der Waals surface area contributed by atoms with Gasteiger partial charge in [0, 0.05) is 34.3 Å². The van der Waals surface area contributed by atoms with Crippen LogP contribution in [0.3, 0.4) is 0 Å². The van der Waals surface area contributed by atoms with Crippen LogP contribution in [0.25, 0.3) is 11.0 Å². The summed E-state index contributed by atoms with van der Waals surface area (Å²) in [5, 5.41) is 18.5. The maximum absolute atomic E-state index is 14.2. The van der Waals surface area contributed by atoms with Crippen molar-refractivity contribution in [2.75, 3.05) is 19.7 Å². The van der Waals surface area contributed by atoms with E-state index in [0.29, 0.717) is 29.0 Å². The standard InChI is InChI=1S/C31H29BrFN5O4/c32-24-13-22(31(39)40)14-27-30(24)36-28(38(27)16-23-8-11-41-23)17-37-9-6-20(7-10-37)26-2-1-3-29(35-26)42-18-21-5-4-19(15-34)12-25(21)33/h1-5,12-14,20,23H,6-11,16-18H2,(H,39,40). The lowest BCUT2D eigenvalue weighted by atomic mass is 9.93. The number of hydrogen-bond acceptors (Lipinski definition) is 7. The molecule has 2 aromatic heterocycles. The number of carboxylic acid groups (broad SMARTS) is 1. The summed E-state index contributed by atoms with van der Waals surface area (Å²) in [5.41, 5.74) is 3.36. The maximum atomic E-state index is 14.2. The second-order valence-electron chi connectivity index (χ2n) is 10.7. The van der Waals surface area contributed by atoms with Crippen LogP contribution in [-0.2, 0) is 24.4 Å². The smallest absolute Gasteiger partial charge is 0.335 e. The van der Waals surface area contributed by atoms with E-state index in [4.69, 9.17) is 24.7 Å². The molecule has 1 N–H and O–H groups in total. The first-order chi connectivity index (χ1) is 20.4. The van der Waals surface area contributed by atoms with Gasteiger partial charge < -0.3 is 19.1 Å². The fourth-order valence-electron chi connectivity index (χ4n) is 5.52. The molecule has 2 aromatic carbocycles. The van der Waals surface area contributed by atoms with Crippen LogP contribution >= 0.6 is 15.9 Å². The SMILES string of the molecule is N#Cc1ccc(COc2cccc(C3CCN(Cc4nc5c(Br)cc(C(=O)O)cc5n4CC4CCO4)CC3)n2)c(F)c1. The molecule has 4 heterocycles. The Morgan fingerprint density at radius 3 is 2.67 bits per heavy atom. The molecule has 4 aromatic rings. The molecule has 1 unspecified atom stereocenters. The van der Waals surface area contributed by atoms with E-state index in [2.05, 4.69) is 25.4 Å². The molecular formula is C31H29BrFN5O4. The number of pyridine rings is 1. The summed E-state index contributed by atoms with van der Waals surface area (Å²) in [6, 6.07) is 15.2. The van der Waals surface area contributed by atoms with Gasteiger partial charge in [-0.05, 0) is 78.6 Å². The van der Waals surface area contributed by atoms with E-state index in [9.17, 15) is 14.3 Å². The van der Waals surface area contributed by atoms with E-state index < -0.39 is 11.8 Å². The molecule has 2 fully saturated rings. The van der Waals surface area contributed by atoms with Crippen LogP contribution in [0, 0.1) is 17.1 Å². The van der Waals surface area contributed by atoms with Gasteiger partial charge in [-0.1, -0.05) is 12.1 Å². The lowest BCUT2D eigenvalue weighted by molar-refractivity contribution is -0.0592. The first kappa shape index (κ1) is 28.3. The van der Waals surface area contributed by atoms with Crippen molar-refractivity contribution >= 4 is 32.9 Å². The molecule has 0 radical (unpaired) electrons. The average molecular weight is 635 g/mol. The normalized spacial score (nSPS) is 17.6. The largest absolute Gasteiger partial charge is 0.478 e. The van der Waals surface area contributed by atoms with Crippen LogP contribution in [0.2, 0.25) is 0 Å². The van der Waals surface area contributed by atoms with Crippen molar-refractivity contribution in [3.63, 3.8) is 0 Å². The Morgan fingerprint density at radius 1 is 1.17 bits per heavy atom. The first-order valence-electron chi connectivity index (χ1n) is 13.9. The quantitative estimate of drug-likeness (QED) is 0.252. The van der Waals surface area contributed by atoms with Gasteiger partial charge in [0.1, 0.15) is 23.8 Å². The summed E-state index contributed by atoms with van der Waals surface area (Å²) < 4.78 is 28.5. The predicted molar refractivity (Wildman–Crippen MR) is 156 cm³/mol. The lowest BCUT2D eigenvalue weighted by Crippen LogP contribution is -2.35. The lowest BCUT2D eigenvalue weighted by Gasteiger charge is -2.32. The topological polar surface area (TPSA) is 114 Å². The average Bonchev–Trinajstić information content (AvgIpc) is 3.31. The number of aromatic carboxylic acids is 1. The number of benzene rings is 2. The van der Waals surface area contributed by atoms with Gasteiger partial charge in [-0.2, -0.15) is 5.26 Å². The van der Waals surface area contributed by atoms with Crippen LogP contribution < -0.4 is 4.74 Å². The number of carboxylic acids is 1. The van der Waals surface area contributed by atoms with Crippen LogP contribution in [0.15, 0.2) is 53.0 Å². The van der Waals surface area contributed by atoms with E-state index in [-0.39, 0.29) is 29.8 Å². The minimum Gasteiger partial charge on any atom is -0.478 e. The van der Waals surface area contributed by atoms with Crippen molar-refractivity contribution in [1.29, 1.82) is 5.26 Å². The number of piperidine rings is 1. The molecule has 0 spiro atoms. The molecular weight excluding hydrogens is 605 g/mol. The Hall–Kier alpha value is -3.85. The Bertz CT molecular complexity index is 1670. The summed E-state index contributed by atoms with van der Waals surface area (Å²) in [6.45, 7) is 3.79. The van der Waals surface area contributed by atoms with Gasteiger partial charge >= 0.3 is 5.97 Å². The second-order valence-corrected chi connectivity index (χ2v) is 11.6. The van der Waals surface area contributed by atoms with Crippen molar-refractivity contribution in [3.8, 4) is 11.9 Å². The number of hydrogen-bond donors (Lipinski definition) is 1. The molecule has 6 rings (SSSR count). The van der Waals surface area contributed by atoms with Crippen molar-refractivity contribution in [2.45, 2.75) is 51.0 Å². The molecule has 2 saturated heterocycles. The molecule has 9 nitrogen and oxygen atoms in total. The number of carbonyl (C=O) groups is 1. The minimum atomic E-state index is -0.974. The molecule has 2 aliphatic heterocycles. The summed E-state index contributed by atoms with van der Waals surface area (Å²) in [4.78, 5) is 23.7. The number of fused-ring (bicyclic) bond motifs is 1. The van der Waals surface area contributed by atoms with Crippen LogP contribution in [0.1, 0.15) is 58.2 Å². The summed E-state index contributed by atoms with van der Waals surface area (Å²) in [6.07, 6.45) is 2.91. The first-order valence-corrected chi connectivity index (χ1v) is 14.7. The van der Waals surface area contributed by atoms with E-state index in [1.807, 2.05) is 18.2 Å². The highest BCUT2D eigenvalue weighted by molar-refractivity contribution is 9.10. The van der Waals surface area contributed by atoms with Crippen LogP contribution in [-0.4, -0.2) is 56.3 Å². The number of imidazole rings is 1. The highest BCUT2D eigenvalue weighted by atomic mass is 79.9. The molecule has 0 amide bonds. The van der Waals surface area contributed by atoms with Gasteiger partial charge in [-0.15, -0.1) is 0 Å². The van der Waals surface area contributed by atoms with Gasteiger partial charge in [-0.3, -0.25) is 4.90 Å². The van der Waals surface area contributed by atoms with Crippen molar-refractivity contribution in [3.05, 3.63) is 87.0 Å². The minimum absolute atomic E-state index is 0.0312. The third-order valence-electron chi connectivity index (χ3n) is 7.99. The van der Waals surface area contributed by atoms with E-state index in [1.165, 1.54) is 6.07 Å². The van der Waals surface area contributed by atoms with Gasteiger partial charge in [0.2, 0.25) is 5.88 Å². The summed E-state index contributed by atoms with van der Waals surface area (Å²) >= 11 is 3.53. The van der Waals surface area contributed by atoms with Gasteiger partial charge in [-0.25, -0.2) is 19.2 Å². The molecule has 2 aliphatic rings. The third-order valence-corrected chi connectivity index (χ3v) is 8.59. The molecule has 216 valence electrons. The Morgan fingerprint density at radius 2 is 1.98 bits per heavy atom. The number of aromatic nitrogens is 3. The Balaban J connectivity index is 1.12. The van der Waals surface area contributed by atoms with Gasteiger partial charge in [0.05, 0.1) is 41.9 Å². The highest BCUT2D eigenvalue weighted by Gasteiger charge is 2.27. The zero-order valence-corrected chi connectivity index (χ0v) is 24.4. The van der Waals surface area contributed by atoms with Crippen molar-refractivity contribution < 1.29 is 23.8 Å². The third kappa shape index (κ3) is 6.02. The number of nitriles is 1.